The predicted octanol–water partition coefficient (Wildman–Crippen LogP) is 3.40. The molecule has 2 saturated heterocycles. The summed E-state index contributed by atoms with van der Waals surface area (Å²) in [6.45, 7) is 12.0. The summed E-state index contributed by atoms with van der Waals surface area (Å²) >= 11 is 0. The Morgan fingerprint density at radius 1 is 1.00 bits per heavy atom. The molecule has 3 aliphatic carbocycles. The van der Waals surface area contributed by atoms with Gasteiger partial charge in [-0.3, -0.25) is 39.0 Å². The second-order valence-corrected chi connectivity index (χ2v) is 20.6. The maximum atomic E-state index is 13.6. The molecule has 14 atom stereocenters. The predicted molar refractivity (Wildman–Crippen MR) is 249 cm³/mol. The fourth-order valence-electron chi connectivity index (χ4n) is 11.4. The Bertz CT molecular complexity index is 2290. The first kappa shape index (κ1) is 53.1. The van der Waals surface area contributed by atoms with Crippen molar-refractivity contribution in [3.63, 3.8) is 0 Å². The Kier molecular flexibility index (Phi) is 16.4. The summed E-state index contributed by atoms with van der Waals surface area (Å²) in [7, 11) is 1.65. The molecule has 5 N–H and O–H groups in total. The second-order valence-electron chi connectivity index (χ2n) is 20.6. The highest BCUT2D eigenvalue weighted by atomic mass is 16.7. The number of fused-ring (bicyclic) bond motifs is 3. The van der Waals surface area contributed by atoms with E-state index in [4.69, 9.17) is 28.4 Å². The minimum Gasteiger partial charge on any atom is -0.465 e. The van der Waals surface area contributed by atoms with E-state index in [9.17, 15) is 49.2 Å². The third kappa shape index (κ3) is 10.7. The number of benzene rings is 1. The number of methoxy groups -OCH3 is 1. The first-order chi connectivity index (χ1) is 33.1. The van der Waals surface area contributed by atoms with Crippen LogP contribution in [-0.4, -0.2) is 148 Å². The van der Waals surface area contributed by atoms with Gasteiger partial charge in [0.1, 0.15) is 30.5 Å². The largest absolute Gasteiger partial charge is 0.465 e. The highest BCUT2D eigenvalue weighted by Crippen LogP contribution is 2.56. The molecule has 0 spiro atoms. The molecule has 384 valence electrons. The first-order valence-electron chi connectivity index (χ1n) is 24.5. The van der Waals surface area contributed by atoms with Crippen LogP contribution in [0.4, 0.5) is 0 Å². The number of amides is 4. The lowest BCUT2D eigenvalue weighted by atomic mass is 9.68. The number of nitrogens with zero attached hydrogens (tertiary/aromatic N) is 1. The van der Waals surface area contributed by atoms with Crippen molar-refractivity contribution in [1.29, 1.82) is 0 Å². The van der Waals surface area contributed by atoms with Crippen LogP contribution in [0.25, 0.3) is 0 Å². The standard InChI is InChI=1S/C52H70N2O16/c1-26(23-66-28(3)55)34-21-38(57)52(7)22-35-31(24-65-8)16-17-32(35)27(2)42(59)45(41(34)52)70-50-44(61)46(68-29(4)56)43(60)37(69-50)25-67-51(5,6)20-11-9-10-13-30-14-12-15-33-40(30)49(64)54(48(33)63)36-18-19-39(58)53-47(36)62/h11-12,14-15,20,22,26-27,31-32,36-38,42-46,50,57,59-61H,9-10,13,16-19,21,23-25H2,1-8H3,(H,53,58,62)/b20-11+,35-22-/t26-,27-,31-,32+,36?,37?,38+,42-,43?,44?,45-,46?,50?,52+/m1/s1. The normalized spacial score (nSPS) is 34.6. The highest BCUT2D eigenvalue weighted by molar-refractivity contribution is 6.24. The molecule has 0 bridgehead atoms. The lowest BCUT2D eigenvalue weighted by Crippen LogP contribution is -2.62. The van der Waals surface area contributed by atoms with Gasteiger partial charge in [0.2, 0.25) is 11.8 Å². The van der Waals surface area contributed by atoms with Crippen molar-refractivity contribution in [3.05, 3.63) is 69.8 Å². The van der Waals surface area contributed by atoms with Crippen LogP contribution in [0, 0.1) is 29.1 Å². The van der Waals surface area contributed by atoms with Gasteiger partial charge < -0.3 is 48.8 Å². The molecule has 3 aliphatic heterocycles. The van der Waals surface area contributed by atoms with Crippen molar-refractivity contribution >= 4 is 35.6 Å². The third-order valence-electron chi connectivity index (χ3n) is 15.2. The zero-order valence-corrected chi connectivity index (χ0v) is 41.4. The van der Waals surface area contributed by atoms with Crippen LogP contribution in [-0.2, 0) is 54.0 Å². The molecule has 6 unspecified atom stereocenters. The molecular weight excluding hydrogens is 909 g/mol. The van der Waals surface area contributed by atoms with Crippen molar-refractivity contribution < 1.29 is 77.6 Å². The summed E-state index contributed by atoms with van der Waals surface area (Å²) < 4.78 is 36.0. The molecular formula is C52H70N2O16. The number of allylic oxidation sites excluding steroid dienone is 1. The smallest absolute Gasteiger partial charge is 0.303 e. The zero-order chi connectivity index (χ0) is 51.0. The summed E-state index contributed by atoms with van der Waals surface area (Å²) in [5.74, 6) is -4.27. The van der Waals surface area contributed by atoms with Gasteiger partial charge in [0.05, 0.1) is 48.8 Å². The molecule has 0 radical (unpaired) electrons. The van der Waals surface area contributed by atoms with Gasteiger partial charge in [0.25, 0.3) is 11.8 Å². The number of ether oxygens (including phenoxy) is 6. The molecule has 1 saturated carbocycles. The third-order valence-corrected chi connectivity index (χ3v) is 15.2. The maximum absolute atomic E-state index is 13.6. The van der Waals surface area contributed by atoms with Crippen LogP contribution in [0.5, 0.6) is 0 Å². The number of aryl methyl sites for hydroxylation is 1. The number of carbonyl (C=O) groups excluding carboxylic acids is 6. The molecule has 1 aromatic rings. The van der Waals surface area contributed by atoms with Gasteiger partial charge in [0.15, 0.2) is 12.4 Å². The van der Waals surface area contributed by atoms with Gasteiger partial charge in [-0.15, -0.1) is 0 Å². The minimum atomic E-state index is -1.72. The number of imide groups is 2. The van der Waals surface area contributed by atoms with E-state index in [0.717, 1.165) is 35.8 Å². The van der Waals surface area contributed by atoms with E-state index in [1.807, 2.05) is 32.9 Å². The zero-order valence-electron chi connectivity index (χ0n) is 41.4. The van der Waals surface area contributed by atoms with Gasteiger partial charge in [-0.1, -0.05) is 55.4 Å². The average molecular weight is 979 g/mol. The molecule has 4 amide bonds. The summed E-state index contributed by atoms with van der Waals surface area (Å²) in [6.07, 6.45) is -1.62. The van der Waals surface area contributed by atoms with Gasteiger partial charge in [-0.25, -0.2) is 0 Å². The number of esters is 2. The molecule has 18 heteroatoms. The van der Waals surface area contributed by atoms with Crippen LogP contribution < -0.4 is 5.32 Å². The molecule has 6 aliphatic rings. The monoisotopic (exact) mass is 978 g/mol. The average Bonchev–Trinajstić information content (AvgIpc) is 3.90. The number of aliphatic hydroxyl groups is 4. The maximum Gasteiger partial charge on any atom is 0.303 e. The molecule has 0 aromatic heterocycles. The van der Waals surface area contributed by atoms with E-state index in [2.05, 4.69) is 11.4 Å². The number of hydrogen-bond donors (Lipinski definition) is 5. The summed E-state index contributed by atoms with van der Waals surface area (Å²) in [4.78, 5) is 76.5. The number of carbonyl (C=O) groups is 6. The van der Waals surface area contributed by atoms with Crippen LogP contribution in [0.2, 0.25) is 0 Å². The molecule has 3 fully saturated rings. The number of unbranched alkanes of at least 4 members (excludes halogenated alkanes) is 1. The molecule has 3 heterocycles. The lowest BCUT2D eigenvalue weighted by Gasteiger charge is -2.47. The van der Waals surface area contributed by atoms with Crippen molar-refractivity contribution in [2.75, 3.05) is 26.9 Å². The summed E-state index contributed by atoms with van der Waals surface area (Å²) in [5.41, 5.74) is 1.52. The lowest BCUT2D eigenvalue weighted by molar-refractivity contribution is -0.320. The van der Waals surface area contributed by atoms with Crippen molar-refractivity contribution in [2.24, 2.45) is 29.1 Å². The fraction of sp³-hybridized carbons (Fsp3) is 0.654. The van der Waals surface area contributed by atoms with Gasteiger partial charge in [-0.05, 0) is 94.8 Å². The molecule has 1 aromatic carbocycles. The van der Waals surface area contributed by atoms with E-state index in [1.165, 1.54) is 6.92 Å². The molecule has 7 rings (SSSR count). The van der Waals surface area contributed by atoms with Gasteiger partial charge in [-0.2, -0.15) is 0 Å². The van der Waals surface area contributed by atoms with E-state index < -0.39 is 108 Å². The number of hydrogen-bond acceptors (Lipinski definition) is 16. The van der Waals surface area contributed by atoms with Gasteiger partial charge >= 0.3 is 11.9 Å². The second kappa shape index (κ2) is 21.6. The van der Waals surface area contributed by atoms with E-state index in [1.54, 1.807) is 39.2 Å². The SMILES string of the molecule is COC[C@H]1CC[C@@H]2/C1=C\[C@]1(C)C(=C([C@H](C)COC(C)=O)C[C@@H]1O)[C@@H](OC1OC(COC(C)(C)/C=C/CCCc3cccc4c3C(=O)N(C3CCC(=O)NC3=O)C4=O)C(O)C(OC(C)=O)C1O)[C@H](O)[C@@H]2C. The number of piperidine rings is 1. The van der Waals surface area contributed by atoms with Crippen LogP contribution in [0.3, 0.4) is 0 Å². The Morgan fingerprint density at radius 2 is 1.74 bits per heavy atom. The van der Waals surface area contributed by atoms with Crippen molar-refractivity contribution in [1.82, 2.24) is 10.2 Å². The Morgan fingerprint density at radius 3 is 2.43 bits per heavy atom. The van der Waals surface area contributed by atoms with Crippen LogP contribution in [0.1, 0.15) is 120 Å². The first-order valence-corrected chi connectivity index (χ1v) is 24.5. The van der Waals surface area contributed by atoms with E-state index >= 15 is 0 Å². The fourth-order valence-corrected chi connectivity index (χ4v) is 11.4. The number of rotatable bonds is 17. The Labute approximate surface area is 408 Å². The summed E-state index contributed by atoms with van der Waals surface area (Å²) in [5, 5.41) is 50.1. The van der Waals surface area contributed by atoms with Crippen LogP contribution >= 0.6 is 0 Å². The Hall–Kier alpha value is -4.66. The summed E-state index contributed by atoms with van der Waals surface area (Å²) in [6, 6.07) is 3.97. The van der Waals surface area contributed by atoms with E-state index in [-0.39, 0.29) is 61.4 Å². The molecule has 18 nitrogen and oxygen atoms in total. The quantitative estimate of drug-likeness (QED) is 0.0649. The topological polar surface area (TPSA) is 254 Å². The van der Waals surface area contributed by atoms with Gasteiger partial charge in [0, 0.05) is 44.6 Å². The van der Waals surface area contributed by atoms with Crippen molar-refractivity contribution in [2.45, 2.75) is 160 Å². The van der Waals surface area contributed by atoms with Crippen LogP contribution in [0.15, 0.2) is 53.1 Å². The number of nitrogens with one attached hydrogen (secondary N) is 1. The number of aliphatic hydroxyl groups excluding tert-OH is 4. The molecule has 70 heavy (non-hydrogen) atoms. The highest BCUT2D eigenvalue weighted by Gasteiger charge is 2.56. The van der Waals surface area contributed by atoms with Crippen molar-refractivity contribution in [3.8, 4) is 0 Å². The van der Waals surface area contributed by atoms with E-state index in [0.29, 0.717) is 37.0 Å². The Balaban J connectivity index is 1.07. The minimum absolute atomic E-state index is 0.0127.